The van der Waals surface area contributed by atoms with Gasteiger partial charge in [-0.15, -0.1) is 0 Å². The Morgan fingerprint density at radius 1 is 1.19 bits per heavy atom. The van der Waals surface area contributed by atoms with Gasteiger partial charge in [-0.1, -0.05) is 6.92 Å². The summed E-state index contributed by atoms with van der Waals surface area (Å²) >= 11 is 0. The third-order valence-corrected chi connectivity index (χ3v) is 2.86. The number of rotatable bonds is 5. The van der Waals surface area contributed by atoms with Crippen molar-refractivity contribution in [3.8, 4) is 0 Å². The van der Waals surface area contributed by atoms with Crippen LogP contribution < -0.4 is 0 Å². The number of hydrogen-bond donors (Lipinski definition) is 1. The molecule has 1 aliphatic rings. The maximum Gasteiger partial charge on any atom is 0.307 e. The fourth-order valence-corrected chi connectivity index (χ4v) is 1.91. The molecule has 1 atom stereocenters. The predicted octanol–water partition coefficient (Wildman–Crippen LogP) is -0.0863. The van der Waals surface area contributed by atoms with Crippen molar-refractivity contribution in [2.75, 3.05) is 39.3 Å². The largest absolute Gasteiger partial charge is 0.481 e. The smallest absolute Gasteiger partial charge is 0.307 e. The van der Waals surface area contributed by atoms with Crippen molar-refractivity contribution in [2.45, 2.75) is 13.8 Å². The number of ketones is 1. The fourth-order valence-electron chi connectivity index (χ4n) is 1.91. The number of piperazine rings is 1. The third kappa shape index (κ3) is 4.28. The van der Waals surface area contributed by atoms with Crippen LogP contribution in [0.5, 0.6) is 0 Å². The zero-order valence-corrected chi connectivity index (χ0v) is 9.98. The highest BCUT2D eigenvalue weighted by Gasteiger charge is 2.21. The molecule has 1 saturated heterocycles. The highest BCUT2D eigenvalue weighted by Crippen LogP contribution is 2.05. The molecule has 0 spiro atoms. The van der Waals surface area contributed by atoms with Crippen LogP contribution in [0.15, 0.2) is 0 Å². The zero-order valence-electron chi connectivity index (χ0n) is 9.98. The normalized spacial score (nSPS) is 20.6. The van der Waals surface area contributed by atoms with Crippen LogP contribution >= 0.6 is 0 Å². The Morgan fingerprint density at radius 3 is 2.12 bits per heavy atom. The van der Waals surface area contributed by atoms with E-state index in [0.29, 0.717) is 13.1 Å². The molecule has 0 aliphatic carbocycles. The van der Waals surface area contributed by atoms with Crippen molar-refractivity contribution in [2.24, 2.45) is 5.92 Å². The van der Waals surface area contributed by atoms with Crippen LogP contribution in [0.1, 0.15) is 13.8 Å². The standard InChI is InChI=1S/C11H20N2O3/c1-9(11(15)16)7-12-3-5-13(6-4-12)8-10(2)14/h9H,3-8H2,1-2H3,(H,15,16). The number of carbonyl (C=O) groups is 2. The van der Waals surface area contributed by atoms with Gasteiger partial charge in [0, 0.05) is 32.7 Å². The van der Waals surface area contributed by atoms with E-state index in [1.54, 1.807) is 13.8 Å². The van der Waals surface area contributed by atoms with Gasteiger partial charge in [0.2, 0.25) is 0 Å². The molecular formula is C11H20N2O3. The molecule has 0 radical (unpaired) electrons. The first-order valence-electron chi connectivity index (χ1n) is 5.66. The van der Waals surface area contributed by atoms with Gasteiger partial charge in [0.1, 0.15) is 5.78 Å². The van der Waals surface area contributed by atoms with Gasteiger partial charge in [-0.2, -0.15) is 0 Å². The van der Waals surface area contributed by atoms with E-state index >= 15 is 0 Å². The number of nitrogens with zero attached hydrogens (tertiary/aromatic N) is 2. The Balaban J connectivity index is 2.26. The summed E-state index contributed by atoms with van der Waals surface area (Å²) < 4.78 is 0. The molecule has 0 aromatic rings. The molecule has 1 rings (SSSR count). The summed E-state index contributed by atoms with van der Waals surface area (Å²) in [6.07, 6.45) is 0. The second-order valence-corrected chi connectivity index (χ2v) is 4.52. The lowest BCUT2D eigenvalue weighted by Crippen LogP contribution is -2.49. The zero-order chi connectivity index (χ0) is 12.1. The fraction of sp³-hybridized carbons (Fsp3) is 0.818. The summed E-state index contributed by atoms with van der Waals surface area (Å²) in [5, 5.41) is 8.80. The van der Waals surface area contributed by atoms with Gasteiger partial charge in [-0.25, -0.2) is 0 Å². The Kier molecular flexibility index (Phi) is 4.89. The Morgan fingerprint density at radius 2 is 1.69 bits per heavy atom. The minimum Gasteiger partial charge on any atom is -0.481 e. The van der Waals surface area contributed by atoms with E-state index in [-0.39, 0.29) is 11.7 Å². The Hall–Kier alpha value is -0.940. The third-order valence-electron chi connectivity index (χ3n) is 2.86. The topological polar surface area (TPSA) is 60.9 Å². The summed E-state index contributed by atoms with van der Waals surface area (Å²) in [6, 6.07) is 0. The number of carbonyl (C=O) groups excluding carboxylic acids is 1. The first kappa shape index (κ1) is 13.1. The van der Waals surface area contributed by atoms with Crippen molar-refractivity contribution in [1.29, 1.82) is 0 Å². The van der Waals surface area contributed by atoms with Crippen LogP contribution in [-0.2, 0) is 9.59 Å². The van der Waals surface area contributed by atoms with E-state index in [1.165, 1.54) is 0 Å². The van der Waals surface area contributed by atoms with Crippen molar-refractivity contribution < 1.29 is 14.7 Å². The molecule has 16 heavy (non-hydrogen) atoms. The van der Waals surface area contributed by atoms with Crippen molar-refractivity contribution in [3.63, 3.8) is 0 Å². The van der Waals surface area contributed by atoms with Crippen molar-refractivity contribution in [1.82, 2.24) is 9.80 Å². The average molecular weight is 228 g/mol. The van der Waals surface area contributed by atoms with Crippen LogP contribution in [0.25, 0.3) is 0 Å². The molecule has 0 aromatic carbocycles. The Bertz CT molecular complexity index is 260. The number of carboxylic acid groups (broad SMARTS) is 1. The molecule has 0 saturated carbocycles. The van der Waals surface area contributed by atoms with Gasteiger partial charge >= 0.3 is 5.97 Å². The molecule has 1 heterocycles. The van der Waals surface area contributed by atoms with Gasteiger partial charge in [0.25, 0.3) is 0 Å². The van der Waals surface area contributed by atoms with E-state index in [4.69, 9.17) is 5.11 Å². The number of carboxylic acids is 1. The van der Waals surface area contributed by atoms with Gasteiger partial charge in [0.05, 0.1) is 12.5 Å². The summed E-state index contributed by atoms with van der Waals surface area (Å²) in [6.45, 7) is 7.85. The molecule has 0 aromatic heterocycles. The summed E-state index contributed by atoms with van der Waals surface area (Å²) in [5.74, 6) is -0.877. The van der Waals surface area contributed by atoms with Gasteiger partial charge in [0.15, 0.2) is 0 Å². The second-order valence-electron chi connectivity index (χ2n) is 4.52. The van der Waals surface area contributed by atoms with E-state index in [0.717, 1.165) is 26.2 Å². The highest BCUT2D eigenvalue weighted by atomic mass is 16.4. The van der Waals surface area contributed by atoms with Gasteiger partial charge in [-0.05, 0) is 6.92 Å². The van der Waals surface area contributed by atoms with Gasteiger partial charge in [-0.3, -0.25) is 19.4 Å². The van der Waals surface area contributed by atoms with Crippen LogP contribution in [0.3, 0.4) is 0 Å². The molecule has 92 valence electrons. The van der Waals surface area contributed by atoms with Crippen molar-refractivity contribution in [3.05, 3.63) is 0 Å². The SMILES string of the molecule is CC(=O)CN1CCN(CC(C)C(=O)O)CC1. The minimum absolute atomic E-state index is 0.187. The van der Waals surface area contributed by atoms with E-state index < -0.39 is 5.97 Å². The molecule has 1 aliphatic heterocycles. The quantitative estimate of drug-likeness (QED) is 0.713. The molecule has 1 unspecified atom stereocenters. The second kappa shape index (κ2) is 5.96. The summed E-state index contributed by atoms with van der Waals surface area (Å²) in [5.41, 5.74) is 0. The minimum atomic E-state index is -0.744. The van der Waals surface area contributed by atoms with E-state index in [1.807, 2.05) is 0 Å². The molecular weight excluding hydrogens is 208 g/mol. The first-order chi connectivity index (χ1) is 7.49. The Labute approximate surface area is 96.0 Å². The van der Waals surface area contributed by atoms with Crippen LogP contribution in [-0.4, -0.2) is 65.9 Å². The monoisotopic (exact) mass is 228 g/mol. The first-order valence-corrected chi connectivity index (χ1v) is 5.66. The van der Waals surface area contributed by atoms with Crippen LogP contribution in [0.4, 0.5) is 0 Å². The maximum absolute atomic E-state index is 10.9. The lowest BCUT2D eigenvalue weighted by atomic mass is 10.1. The molecule has 1 fully saturated rings. The van der Waals surface area contributed by atoms with Crippen molar-refractivity contribution >= 4 is 11.8 Å². The highest BCUT2D eigenvalue weighted by molar-refractivity contribution is 5.77. The number of hydrogen-bond acceptors (Lipinski definition) is 4. The summed E-state index contributed by atoms with van der Waals surface area (Å²) in [7, 11) is 0. The molecule has 0 amide bonds. The lowest BCUT2D eigenvalue weighted by molar-refractivity contribution is -0.141. The molecule has 1 N–H and O–H groups in total. The molecule has 0 bridgehead atoms. The average Bonchev–Trinajstić information content (AvgIpc) is 2.20. The van der Waals surface area contributed by atoms with Crippen LogP contribution in [0.2, 0.25) is 0 Å². The number of Topliss-reactive ketones (excluding diaryl/α,β-unsaturated/α-hetero) is 1. The van der Waals surface area contributed by atoms with Gasteiger partial charge < -0.3 is 5.11 Å². The predicted molar refractivity (Wildman–Crippen MR) is 60.4 cm³/mol. The summed E-state index contributed by atoms with van der Waals surface area (Å²) in [4.78, 5) is 25.9. The lowest BCUT2D eigenvalue weighted by Gasteiger charge is -2.34. The van der Waals surface area contributed by atoms with Crippen LogP contribution in [0, 0.1) is 5.92 Å². The number of aliphatic carboxylic acids is 1. The molecule has 5 nitrogen and oxygen atoms in total. The van der Waals surface area contributed by atoms with E-state index in [9.17, 15) is 9.59 Å². The maximum atomic E-state index is 10.9. The van der Waals surface area contributed by atoms with E-state index in [2.05, 4.69) is 9.80 Å². The molecule has 5 heteroatoms.